The summed E-state index contributed by atoms with van der Waals surface area (Å²) in [7, 11) is 0. The lowest BCUT2D eigenvalue weighted by Crippen LogP contribution is -2.42. The Labute approximate surface area is 132 Å². The number of carbonyl (C=O) groups excluding carboxylic acids is 1. The number of fused-ring (bicyclic) bond motifs is 1. The molecule has 0 saturated carbocycles. The molecule has 114 valence electrons. The van der Waals surface area contributed by atoms with Crippen molar-refractivity contribution >= 4 is 17.4 Å². The minimum Gasteiger partial charge on any atom is -0.381 e. The highest BCUT2D eigenvalue weighted by molar-refractivity contribution is 7.03. The largest absolute Gasteiger partial charge is 0.381 e. The third kappa shape index (κ3) is 2.23. The molecule has 1 saturated heterocycles. The molecule has 22 heavy (non-hydrogen) atoms. The number of benzene rings is 1. The van der Waals surface area contributed by atoms with E-state index in [1.165, 1.54) is 22.7 Å². The van der Waals surface area contributed by atoms with Gasteiger partial charge < -0.3 is 10.1 Å². The van der Waals surface area contributed by atoms with Gasteiger partial charge in [-0.15, -0.1) is 5.10 Å². The average Bonchev–Trinajstić information content (AvgIpc) is 3.16. The van der Waals surface area contributed by atoms with Crippen molar-refractivity contribution in [1.82, 2.24) is 14.9 Å². The van der Waals surface area contributed by atoms with Crippen LogP contribution in [0.5, 0.6) is 0 Å². The lowest BCUT2D eigenvalue weighted by atomic mass is 9.74. The molecule has 1 aliphatic carbocycles. The number of carbonyl (C=O) groups is 1. The zero-order chi connectivity index (χ0) is 15.0. The van der Waals surface area contributed by atoms with Crippen molar-refractivity contribution in [2.24, 2.45) is 5.41 Å². The monoisotopic (exact) mass is 315 g/mol. The summed E-state index contributed by atoms with van der Waals surface area (Å²) in [6, 6.07) is 8.44. The number of ether oxygens (including phenoxy) is 1. The first-order chi connectivity index (χ1) is 10.8. The van der Waals surface area contributed by atoms with Crippen molar-refractivity contribution in [2.75, 3.05) is 13.2 Å². The minimum absolute atomic E-state index is 0.0294. The normalized spacial score (nSPS) is 22.5. The van der Waals surface area contributed by atoms with Gasteiger partial charge in [-0.3, -0.25) is 4.79 Å². The molecule has 1 fully saturated rings. The smallest absolute Gasteiger partial charge is 0.273 e. The number of hydrogen-bond donors (Lipinski definition) is 1. The van der Waals surface area contributed by atoms with Gasteiger partial charge in [0, 0.05) is 24.0 Å². The highest BCUT2D eigenvalue weighted by Gasteiger charge is 2.47. The van der Waals surface area contributed by atoms with Crippen LogP contribution >= 0.6 is 11.5 Å². The van der Waals surface area contributed by atoms with Crippen LogP contribution in [0, 0.1) is 5.41 Å². The van der Waals surface area contributed by atoms with Gasteiger partial charge >= 0.3 is 0 Å². The summed E-state index contributed by atoms with van der Waals surface area (Å²) in [4.78, 5) is 12.5. The van der Waals surface area contributed by atoms with Crippen LogP contribution in [0.3, 0.4) is 0 Å². The van der Waals surface area contributed by atoms with E-state index < -0.39 is 0 Å². The predicted octanol–water partition coefficient (Wildman–Crippen LogP) is 2.36. The maximum Gasteiger partial charge on any atom is 0.273 e. The van der Waals surface area contributed by atoms with Crippen LogP contribution in [0.1, 0.15) is 40.5 Å². The van der Waals surface area contributed by atoms with Crippen molar-refractivity contribution in [3.63, 3.8) is 0 Å². The second-order valence-corrected chi connectivity index (χ2v) is 6.66. The van der Waals surface area contributed by atoms with E-state index in [9.17, 15) is 4.79 Å². The van der Waals surface area contributed by atoms with Gasteiger partial charge in [0.05, 0.1) is 6.04 Å². The lowest BCUT2D eigenvalue weighted by Gasteiger charge is -2.39. The molecule has 1 aromatic carbocycles. The van der Waals surface area contributed by atoms with Gasteiger partial charge in [0.2, 0.25) is 0 Å². The fourth-order valence-electron chi connectivity index (χ4n) is 3.73. The van der Waals surface area contributed by atoms with Gasteiger partial charge in [0.15, 0.2) is 5.69 Å². The van der Waals surface area contributed by atoms with Crippen LogP contribution in [0.4, 0.5) is 0 Å². The van der Waals surface area contributed by atoms with Crippen molar-refractivity contribution in [1.29, 1.82) is 0 Å². The Morgan fingerprint density at radius 1 is 1.32 bits per heavy atom. The molecular weight excluding hydrogens is 298 g/mol. The van der Waals surface area contributed by atoms with Crippen LogP contribution in [-0.2, 0) is 11.2 Å². The quantitative estimate of drug-likeness (QED) is 0.924. The fourth-order valence-corrected chi connectivity index (χ4v) is 4.17. The molecule has 1 amide bonds. The zero-order valence-electron chi connectivity index (χ0n) is 12.1. The number of hydrogen-bond acceptors (Lipinski definition) is 5. The van der Waals surface area contributed by atoms with Crippen molar-refractivity contribution in [3.8, 4) is 0 Å². The van der Waals surface area contributed by atoms with Crippen molar-refractivity contribution in [2.45, 2.75) is 25.3 Å². The van der Waals surface area contributed by atoms with Crippen LogP contribution in [-0.4, -0.2) is 28.7 Å². The van der Waals surface area contributed by atoms with Crippen LogP contribution in [0.2, 0.25) is 0 Å². The molecule has 6 heteroatoms. The van der Waals surface area contributed by atoms with Crippen molar-refractivity contribution < 1.29 is 9.53 Å². The number of rotatable bonds is 2. The maximum atomic E-state index is 12.5. The van der Waals surface area contributed by atoms with Gasteiger partial charge in [-0.2, -0.15) is 0 Å². The Morgan fingerprint density at radius 3 is 2.91 bits per heavy atom. The van der Waals surface area contributed by atoms with E-state index >= 15 is 0 Å². The first-order valence-electron chi connectivity index (χ1n) is 7.52. The molecule has 1 N–H and O–H groups in total. The lowest BCUT2D eigenvalue weighted by molar-refractivity contribution is 0.000512. The highest BCUT2D eigenvalue weighted by Crippen LogP contribution is 2.51. The fraction of sp³-hybridized carbons (Fsp3) is 0.438. The minimum atomic E-state index is -0.138. The number of nitrogens with one attached hydrogen (secondary N) is 1. The molecule has 1 spiro atoms. The van der Waals surface area contributed by atoms with Crippen molar-refractivity contribution in [3.05, 3.63) is 46.5 Å². The van der Waals surface area contributed by atoms with Crippen LogP contribution in [0.15, 0.2) is 29.6 Å². The molecule has 5 nitrogen and oxygen atoms in total. The third-order valence-electron chi connectivity index (χ3n) is 4.88. The summed E-state index contributed by atoms with van der Waals surface area (Å²) >= 11 is 1.20. The summed E-state index contributed by atoms with van der Waals surface area (Å²) in [5.41, 5.74) is 3.05. The van der Waals surface area contributed by atoms with Gasteiger partial charge in [-0.1, -0.05) is 28.8 Å². The van der Waals surface area contributed by atoms with E-state index in [1.807, 2.05) is 6.07 Å². The molecule has 0 radical (unpaired) electrons. The Balaban J connectivity index is 1.67. The van der Waals surface area contributed by atoms with E-state index in [4.69, 9.17) is 4.74 Å². The molecule has 2 heterocycles. The molecule has 2 aromatic rings. The molecule has 4 rings (SSSR count). The second kappa shape index (κ2) is 5.44. The zero-order valence-corrected chi connectivity index (χ0v) is 12.9. The molecule has 2 aliphatic rings. The first kappa shape index (κ1) is 13.8. The summed E-state index contributed by atoms with van der Waals surface area (Å²) in [5.74, 6) is -0.138. The molecule has 1 aliphatic heterocycles. The van der Waals surface area contributed by atoms with E-state index in [1.54, 1.807) is 5.38 Å². The van der Waals surface area contributed by atoms with E-state index in [-0.39, 0.29) is 17.4 Å². The summed E-state index contributed by atoms with van der Waals surface area (Å²) in [5, 5.41) is 8.77. The first-order valence-corrected chi connectivity index (χ1v) is 8.36. The van der Waals surface area contributed by atoms with Gasteiger partial charge in [-0.25, -0.2) is 0 Å². The Kier molecular flexibility index (Phi) is 3.43. The van der Waals surface area contributed by atoms with E-state index in [2.05, 4.69) is 33.1 Å². The maximum absolute atomic E-state index is 12.5. The third-order valence-corrected chi connectivity index (χ3v) is 5.38. The number of amides is 1. The molecule has 0 bridgehead atoms. The topological polar surface area (TPSA) is 64.1 Å². The van der Waals surface area contributed by atoms with Gasteiger partial charge in [-0.05, 0) is 41.9 Å². The van der Waals surface area contributed by atoms with Crippen LogP contribution in [0.25, 0.3) is 0 Å². The second-order valence-electron chi connectivity index (χ2n) is 6.05. The molecular formula is C16H17N3O2S. The Morgan fingerprint density at radius 2 is 2.14 bits per heavy atom. The SMILES string of the molecule is O=C(NC1c2ccccc2CC12CCOCC2)c1csnn1. The highest BCUT2D eigenvalue weighted by atomic mass is 32.1. The number of aromatic nitrogens is 2. The van der Waals surface area contributed by atoms with Crippen LogP contribution < -0.4 is 5.32 Å². The molecule has 1 atom stereocenters. The number of nitrogens with zero attached hydrogens (tertiary/aromatic N) is 2. The predicted molar refractivity (Wildman–Crippen MR) is 82.7 cm³/mol. The Hall–Kier alpha value is -1.79. The molecule has 1 aromatic heterocycles. The average molecular weight is 315 g/mol. The summed E-state index contributed by atoms with van der Waals surface area (Å²) in [6.07, 6.45) is 2.96. The van der Waals surface area contributed by atoms with Gasteiger partial charge in [0.25, 0.3) is 5.91 Å². The summed E-state index contributed by atoms with van der Waals surface area (Å²) in [6.45, 7) is 1.53. The Bertz CT molecular complexity index is 680. The summed E-state index contributed by atoms with van der Waals surface area (Å²) < 4.78 is 9.32. The van der Waals surface area contributed by atoms with E-state index in [0.29, 0.717) is 5.69 Å². The molecule has 1 unspecified atom stereocenters. The van der Waals surface area contributed by atoms with E-state index in [0.717, 1.165) is 32.5 Å². The van der Waals surface area contributed by atoms with Gasteiger partial charge in [0.1, 0.15) is 0 Å². The standard InChI is InChI=1S/C16H17N3O2S/c20-15(13-10-22-19-18-13)17-14-12-4-2-1-3-11(12)9-16(14)5-7-21-8-6-16/h1-4,10,14H,5-9H2,(H,17,20).